The Labute approximate surface area is 200 Å². The van der Waals surface area contributed by atoms with Crippen LogP contribution in [0.4, 0.5) is 5.69 Å². The van der Waals surface area contributed by atoms with Crippen LogP contribution in [0.15, 0.2) is 79.0 Å². The molecule has 4 rings (SSSR count). The number of nitrogens with one attached hydrogen (secondary N) is 1. The van der Waals surface area contributed by atoms with Crippen LogP contribution < -0.4 is 5.32 Å². The molecule has 0 aliphatic rings. The molecule has 0 bridgehead atoms. The molecule has 0 atom stereocenters. The fourth-order valence-electron chi connectivity index (χ4n) is 4.21. The van der Waals surface area contributed by atoms with Crippen molar-refractivity contribution in [1.82, 2.24) is 4.57 Å². The monoisotopic (exact) mass is 454 g/mol. The number of aromatic carboxylic acids is 1. The lowest BCUT2D eigenvalue weighted by atomic mass is 10.0. The molecule has 0 radical (unpaired) electrons. The van der Waals surface area contributed by atoms with Crippen LogP contribution in [0, 0.1) is 0 Å². The molecule has 1 amide bonds. The van der Waals surface area contributed by atoms with Gasteiger partial charge < -0.3 is 15.0 Å². The number of rotatable bonds is 9. The summed E-state index contributed by atoms with van der Waals surface area (Å²) in [6, 6.07) is 23.3. The number of aromatic nitrogens is 1. The highest BCUT2D eigenvalue weighted by molar-refractivity contribution is 5.95. The Kier molecular flexibility index (Phi) is 7.12. The Balaban J connectivity index is 1.42. The number of amides is 1. The molecule has 0 saturated heterocycles. The van der Waals surface area contributed by atoms with Crippen molar-refractivity contribution in [3.05, 3.63) is 95.7 Å². The standard InChI is InChI=1S/C29H30N2O3/c1-20(2)21-12-15-24(16-13-21)30-28(32)11-7-6-8-23-19-31(25-9-4-3-5-10-25)27-17-14-22(29(33)34)18-26(23)27/h3-5,9-10,12-20H,6-8,11H2,1-2H3,(H,30,32)(H,33,34). The minimum atomic E-state index is -0.932. The van der Waals surface area contributed by atoms with E-state index in [1.807, 2.05) is 60.7 Å². The van der Waals surface area contributed by atoms with Crippen molar-refractivity contribution in [2.75, 3.05) is 5.32 Å². The zero-order chi connectivity index (χ0) is 24.1. The minimum Gasteiger partial charge on any atom is -0.478 e. The Morgan fingerprint density at radius 3 is 2.35 bits per heavy atom. The number of carbonyl (C=O) groups is 2. The predicted molar refractivity (Wildman–Crippen MR) is 137 cm³/mol. The van der Waals surface area contributed by atoms with E-state index in [1.54, 1.807) is 12.1 Å². The number of fused-ring (bicyclic) bond motifs is 1. The first-order valence-corrected chi connectivity index (χ1v) is 11.7. The van der Waals surface area contributed by atoms with Crippen LogP contribution in [0.5, 0.6) is 0 Å². The summed E-state index contributed by atoms with van der Waals surface area (Å²) in [7, 11) is 0. The number of hydrogen-bond donors (Lipinski definition) is 2. The van der Waals surface area contributed by atoms with Gasteiger partial charge in [0.2, 0.25) is 5.91 Å². The van der Waals surface area contributed by atoms with E-state index < -0.39 is 5.97 Å². The van der Waals surface area contributed by atoms with Gasteiger partial charge in [-0.25, -0.2) is 4.79 Å². The van der Waals surface area contributed by atoms with Crippen molar-refractivity contribution in [3.63, 3.8) is 0 Å². The number of para-hydroxylation sites is 1. The summed E-state index contributed by atoms with van der Waals surface area (Å²) in [5.74, 6) is -0.459. The third-order valence-corrected chi connectivity index (χ3v) is 6.13. The molecule has 1 aromatic heterocycles. The van der Waals surface area contributed by atoms with Crippen LogP contribution in [0.25, 0.3) is 16.6 Å². The summed E-state index contributed by atoms with van der Waals surface area (Å²) >= 11 is 0. The largest absolute Gasteiger partial charge is 0.478 e. The highest BCUT2D eigenvalue weighted by atomic mass is 16.4. The lowest BCUT2D eigenvalue weighted by molar-refractivity contribution is -0.116. The summed E-state index contributed by atoms with van der Waals surface area (Å²) < 4.78 is 2.10. The Morgan fingerprint density at radius 2 is 1.68 bits per heavy atom. The van der Waals surface area contributed by atoms with Gasteiger partial charge in [-0.15, -0.1) is 0 Å². The van der Waals surface area contributed by atoms with E-state index in [-0.39, 0.29) is 11.5 Å². The average molecular weight is 455 g/mol. The second kappa shape index (κ2) is 10.4. The van der Waals surface area contributed by atoms with Crippen molar-refractivity contribution >= 4 is 28.5 Å². The Bertz CT molecular complexity index is 1290. The second-order valence-electron chi connectivity index (χ2n) is 8.93. The predicted octanol–water partition coefficient (Wildman–Crippen LogP) is 6.80. The van der Waals surface area contributed by atoms with Gasteiger partial charge in [-0.05, 0) is 78.8 Å². The van der Waals surface area contributed by atoms with Gasteiger partial charge in [0.25, 0.3) is 0 Å². The molecule has 0 fully saturated rings. The molecule has 0 unspecified atom stereocenters. The van der Waals surface area contributed by atoms with Gasteiger partial charge in [0.05, 0.1) is 11.1 Å². The minimum absolute atomic E-state index is 0.0113. The Hall–Kier alpha value is -3.86. The highest BCUT2D eigenvalue weighted by Gasteiger charge is 2.13. The van der Waals surface area contributed by atoms with Gasteiger partial charge in [0.1, 0.15) is 0 Å². The first-order valence-electron chi connectivity index (χ1n) is 11.7. The topological polar surface area (TPSA) is 71.3 Å². The average Bonchev–Trinajstić information content (AvgIpc) is 3.20. The molecule has 1 heterocycles. The van der Waals surface area contributed by atoms with Gasteiger partial charge in [0.15, 0.2) is 0 Å². The molecule has 0 aliphatic heterocycles. The zero-order valence-corrected chi connectivity index (χ0v) is 19.6. The van der Waals surface area contributed by atoms with Crippen LogP contribution in [0.3, 0.4) is 0 Å². The number of carboxylic acid groups (broad SMARTS) is 1. The van der Waals surface area contributed by atoms with Crippen LogP contribution >= 0.6 is 0 Å². The quantitative estimate of drug-likeness (QED) is 0.273. The number of carboxylic acids is 1. The van der Waals surface area contributed by atoms with Gasteiger partial charge in [0, 0.05) is 29.4 Å². The molecule has 4 aromatic rings. The number of anilines is 1. The van der Waals surface area contributed by atoms with E-state index in [0.29, 0.717) is 12.3 Å². The molecule has 0 spiro atoms. The van der Waals surface area contributed by atoms with Gasteiger partial charge >= 0.3 is 5.97 Å². The molecule has 5 heteroatoms. The van der Waals surface area contributed by atoms with Gasteiger partial charge in [-0.2, -0.15) is 0 Å². The smallest absolute Gasteiger partial charge is 0.335 e. The van der Waals surface area contributed by atoms with Crippen LogP contribution in [0.2, 0.25) is 0 Å². The number of nitrogens with zero attached hydrogens (tertiary/aromatic N) is 1. The van der Waals surface area contributed by atoms with Crippen molar-refractivity contribution in [2.45, 2.75) is 45.4 Å². The molecule has 0 saturated carbocycles. The first-order chi connectivity index (χ1) is 16.4. The number of hydrogen-bond acceptors (Lipinski definition) is 2. The molecule has 5 nitrogen and oxygen atoms in total. The fourth-order valence-corrected chi connectivity index (χ4v) is 4.21. The molecule has 34 heavy (non-hydrogen) atoms. The fraction of sp³-hybridized carbons (Fsp3) is 0.241. The maximum atomic E-state index is 12.4. The SMILES string of the molecule is CC(C)c1ccc(NC(=O)CCCCc2cn(-c3ccccc3)c3ccc(C(=O)O)cc23)cc1. The summed E-state index contributed by atoms with van der Waals surface area (Å²) in [5, 5.41) is 13.4. The van der Waals surface area contributed by atoms with E-state index >= 15 is 0 Å². The summed E-state index contributed by atoms with van der Waals surface area (Å²) in [4.78, 5) is 23.9. The van der Waals surface area contributed by atoms with Crippen molar-refractivity contribution in [2.24, 2.45) is 0 Å². The lowest BCUT2D eigenvalue weighted by Gasteiger charge is -2.08. The number of carbonyl (C=O) groups excluding carboxylic acids is 1. The van der Waals surface area contributed by atoms with Crippen molar-refractivity contribution in [1.29, 1.82) is 0 Å². The zero-order valence-electron chi connectivity index (χ0n) is 19.6. The van der Waals surface area contributed by atoms with Gasteiger partial charge in [-0.1, -0.05) is 44.2 Å². The van der Waals surface area contributed by atoms with E-state index in [1.165, 1.54) is 5.56 Å². The third-order valence-electron chi connectivity index (χ3n) is 6.13. The molecule has 174 valence electrons. The van der Waals surface area contributed by atoms with E-state index in [0.717, 1.165) is 47.1 Å². The maximum absolute atomic E-state index is 12.4. The van der Waals surface area contributed by atoms with Gasteiger partial charge in [-0.3, -0.25) is 4.79 Å². The number of aryl methyl sites for hydroxylation is 1. The lowest BCUT2D eigenvalue weighted by Crippen LogP contribution is -2.11. The maximum Gasteiger partial charge on any atom is 0.335 e. The van der Waals surface area contributed by atoms with Crippen LogP contribution in [0.1, 0.15) is 60.5 Å². The Morgan fingerprint density at radius 1 is 0.941 bits per heavy atom. The van der Waals surface area contributed by atoms with E-state index in [4.69, 9.17) is 0 Å². The number of unbranched alkanes of at least 4 members (excludes halogenated alkanes) is 1. The van der Waals surface area contributed by atoms with E-state index in [9.17, 15) is 14.7 Å². The van der Waals surface area contributed by atoms with Crippen LogP contribution in [-0.2, 0) is 11.2 Å². The molecule has 0 aliphatic carbocycles. The van der Waals surface area contributed by atoms with Crippen molar-refractivity contribution in [3.8, 4) is 5.69 Å². The second-order valence-corrected chi connectivity index (χ2v) is 8.93. The normalized spacial score (nSPS) is 11.1. The van der Waals surface area contributed by atoms with Crippen LogP contribution in [-0.4, -0.2) is 21.6 Å². The van der Waals surface area contributed by atoms with Crippen molar-refractivity contribution < 1.29 is 14.7 Å². The molecule has 2 N–H and O–H groups in total. The molecule has 3 aromatic carbocycles. The highest BCUT2D eigenvalue weighted by Crippen LogP contribution is 2.28. The summed E-state index contributed by atoms with van der Waals surface area (Å²) in [6.45, 7) is 4.29. The molecular weight excluding hydrogens is 424 g/mol. The third kappa shape index (κ3) is 5.37. The summed E-state index contributed by atoms with van der Waals surface area (Å²) in [5.41, 5.74) is 5.45. The first kappa shape index (κ1) is 23.3. The van der Waals surface area contributed by atoms with E-state index in [2.05, 4.69) is 29.9 Å². The number of benzene rings is 3. The molecular formula is C29H30N2O3. The summed E-state index contributed by atoms with van der Waals surface area (Å²) in [6.07, 6.45) is 4.90.